The average molecular weight is 454 g/mol. The summed E-state index contributed by atoms with van der Waals surface area (Å²) in [5.41, 5.74) is 5.08. The topological polar surface area (TPSA) is 58.4 Å². The number of aromatic nitrogens is 2. The molecule has 0 amide bonds. The molecule has 0 radical (unpaired) electrons. The van der Waals surface area contributed by atoms with E-state index < -0.39 is 0 Å². The van der Waals surface area contributed by atoms with Gasteiger partial charge >= 0.3 is 0 Å². The Morgan fingerprint density at radius 3 is 2.56 bits per heavy atom. The van der Waals surface area contributed by atoms with Crippen LogP contribution in [0.4, 0.5) is 5.69 Å². The molecular weight excluding hydrogens is 422 g/mol. The standard InChI is InChI=1S/C28H31N5O/c1-22-31-18-27(33(22)19-23-7-9-26(30-2)10-8-23)20-32-13-11-28(12-14-32,21-34-3)16-24-5-4-6-25(15-24)17-29/h4-10,15,18H,11-14,16,19-21H2,1,3H3. The van der Waals surface area contributed by atoms with E-state index in [1.54, 1.807) is 7.11 Å². The normalized spacial score (nSPS) is 15.5. The molecule has 3 aromatic rings. The molecule has 0 atom stereocenters. The van der Waals surface area contributed by atoms with Gasteiger partial charge in [0.25, 0.3) is 0 Å². The Hall–Kier alpha value is -3.45. The molecule has 0 bridgehead atoms. The van der Waals surface area contributed by atoms with Crippen molar-refractivity contribution in [1.29, 1.82) is 5.26 Å². The zero-order valence-corrected chi connectivity index (χ0v) is 20.0. The lowest BCUT2D eigenvalue weighted by molar-refractivity contribution is 0.0189. The maximum Gasteiger partial charge on any atom is 0.187 e. The highest BCUT2D eigenvalue weighted by molar-refractivity contribution is 5.45. The van der Waals surface area contributed by atoms with Gasteiger partial charge in [-0.1, -0.05) is 36.4 Å². The van der Waals surface area contributed by atoms with Gasteiger partial charge in [0, 0.05) is 31.8 Å². The predicted molar refractivity (Wildman–Crippen MR) is 132 cm³/mol. The van der Waals surface area contributed by atoms with Crippen molar-refractivity contribution in [3.8, 4) is 6.07 Å². The number of ether oxygens (including phenoxy) is 1. The van der Waals surface area contributed by atoms with E-state index in [1.807, 2.05) is 55.6 Å². The Balaban J connectivity index is 1.42. The predicted octanol–water partition coefficient (Wildman–Crippen LogP) is 5.13. The molecule has 1 fully saturated rings. The van der Waals surface area contributed by atoms with Crippen LogP contribution in [0.15, 0.2) is 54.7 Å². The molecule has 6 nitrogen and oxygen atoms in total. The van der Waals surface area contributed by atoms with Crippen LogP contribution >= 0.6 is 0 Å². The molecular formula is C28H31N5O. The first kappa shape index (κ1) is 23.7. The maximum atomic E-state index is 9.25. The largest absolute Gasteiger partial charge is 0.384 e. The van der Waals surface area contributed by atoms with Crippen molar-refractivity contribution in [3.63, 3.8) is 0 Å². The average Bonchev–Trinajstić information content (AvgIpc) is 3.20. The maximum absolute atomic E-state index is 9.25. The summed E-state index contributed by atoms with van der Waals surface area (Å²) >= 11 is 0. The van der Waals surface area contributed by atoms with E-state index in [2.05, 4.69) is 31.4 Å². The number of piperidine rings is 1. The van der Waals surface area contributed by atoms with Crippen LogP contribution in [0.5, 0.6) is 0 Å². The van der Waals surface area contributed by atoms with Crippen molar-refractivity contribution in [1.82, 2.24) is 14.5 Å². The molecule has 1 saturated heterocycles. The molecule has 6 heteroatoms. The fraction of sp³-hybridized carbons (Fsp3) is 0.393. The quantitative estimate of drug-likeness (QED) is 0.444. The number of nitriles is 1. The second-order valence-electron chi connectivity index (χ2n) is 9.36. The number of rotatable bonds is 8. The van der Waals surface area contributed by atoms with Gasteiger partial charge in [-0.2, -0.15) is 5.26 Å². The molecule has 0 unspecified atom stereocenters. The van der Waals surface area contributed by atoms with Crippen molar-refractivity contribution in [2.75, 3.05) is 26.8 Å². The molecule has 1 aromatic heterocycles. The summed E-state index contributed by atoms with van der Waals surface area (Å²) in [6, 6.07) is 18.0. The molecule has 4 rings (SSSR count). The van der Waals surface area contributed by atoms with Gasteiger partial charge in [0.05, 0.1) is 30.5 Å². The first-order valence-corrected chi connectivity index (χ1v) is 11.7. The third kappa shape index (κ3) is 5.54. The molecule has 1 aliphatic rings. The summed E-state index contributed by atoms with van der Waals surface area (Å²) in [7, 11) is 1.78. The lowest BCUT2D eigenvalue weighted by Crippen LogP contribution is -2.43. The molecule has 0 saturated carbocycles. The van der Waals surface area contributed by atoms with Crippen LogP contribution in [0.3, 0.4) is 0 Å². The highest BCUT2D eigenvalue weighted by atomic mass is 16.5. The summed E-state index contributed by atoms with van der Waals surface area (Å²) in [4.78, 5) is 10.6. The smallest absolute Gasteiger partial charge is 0.187 e. The summed E-state index contributed by atoms with van der Waals surface area (Å²) < 4.78 is 7.93. The summed E-state index contributed by atoms with van der Waals surface area (Å²) in [5.74, 6) is 1.01. The number of aryl methyl sites for hydroxylation is 1. The van der Waals surface area contributed by atoms with Gasteiger partial charge in [-0.3, -0.25) is 4.90 Å². The Kier molecular flexibility index (Phi) is 7.43. The van der Waals surface area contributed by atoms with Crippen LogP contribution in [-0.4, -0.2) is 41.3 Å². The monoisotopic (exact) mass is 453 g/mol. The van der Waals surface area contributed by atoms with Crippen molar-refractivity contribution >= 4 is 5.69 Å². The van der Waals surface area contributed by atoms with Gasteiger partial charge in [0.2, 0.25) is 0 Å². The van der Waals surface area contributed by atoms with E-state index >= 15 is 0 Å². The first-order valence-electron chi connectivity index (χ1n) is 11.7. The molecule has 0 aliphatic carbocycles. The van der Waals surface area contributed by atoms with Gasteiger partial charge in [-0.05, 0) is 62.5 Å². The second-order valence-corrected chi connectivity index (χ2v) is 9.36. The zero-order valence-electron chi connectivity index (χ0n) is 20.0. The van der Waals surface area contributed by atoms with Crippen molar-refractivity contribution < 1.29 is 4.74 Å². The van der Waals surface area contributed by atoms with Gasteiger partial charge in [-0.25, -0.2) is 9.83 Å². The number of benzene rings is 2. The Morgan fingerprint density at radius 2 is 1.88 bits per heavy atom. The molecule has 2 heterocycles. The van der Waals surface area contributed by atoms with Gasteiger partial charge in [-0.15, -0.1) is 0 Å². The third-order valence-electron chi connectivity index (χ3n) is 6.93. The Bertz CT molecular complexity index is 1190. The minimum Gasteiger partial charge on any atom is -0.384 e. The third-order valence-corrected chi connectivity index (χ3v) is 6.93. The number of hydrogen-bond acceptors (Lipinski definition) is 4. The van der Waals surface area contributed by atoms with Gasteiger partial charge in [0.1, 0.15) is 5.82 Å². The number of likely N-dealkylation sites (tertiary alicyclic amines) is 1. The second kappa shape index (κ2) is 10.7. The van der Waals surface area contributed by atoms with Crippen molar-refractivity contribution in [2.45, 2.75) is 39.3 Å². The van der Waals surface area contributed by atoms with Gasteiger partial charge in [0.15, 0.2) is 5.69 Å². The minimum absolute atomic E-state index is 0.0974. The molecule has 0 N–H and O–H groups in total. The zero-order chi connectivity index (χ0) is 24.0. The first-order chi connectivity index (χ1) is 16.5. The van der Waals surface area contributed by atoms with E-state index in [0.717, 1.165) is 63.4 Å². The van der Waals surface area contributed by atoms with Crippen molar-refractivity contribution in [3.05, 3.63) is 94.4 Å². The van der Waals surface area contributed by atoms with Gasteiger partial charge < -0.3 is 9.30 Å². The van der Waals surface area contributed by atoms with Crippen LogP contribution < -0.4 is 0 Å². The SMILES string of the molecule is [C-]#[N+]c1ccc(Cn2c(CN3CCC(COC)(Cc4cccc(C#N)c4)CC3)cnc2C)cc1. The number of imidazole rings is 1. The number of nitrogens with zero attached hydrogens (tertiary/aromatic N) is 5. The number of methoxy groups -OCH3 is 1. The van der Waals surface area contributed by atoms with Crippen LogP contribution in [0.25, 0.3) is 4.85 Å². The minimum atomic E-state index is 0.0974. The summed E-state index contributed by atoms with van der Waals surface area (Å²) in [6.07, 6.45) is 5.04. The fourth-order valence-electron chi connectivity index (χ4n) is 4.99. The molecule has 0 spiro atoms. The highest BCUT2D eigenvalue weighted by Crippen LogP contribution is 2.36. The highest BCUT2D eigenvalue weighted by Gasteiger charge is 2.35. The Morgan fingerprint density at radius 1 is 1.12 bits per heavy atom. The van der Waals surface area contributed by atoms with E-state index in [0.29, 0.717) is 5.69 Å². The molecule has 174 valence electrons. The molecule has 1 aliphatic heterocycles. The lowest BCUT2D eigenvalue weighted by atomic mass is 9.74. The van der Waals surface area contributed by atoms with Crippen LogP contribution in [-0.2, 0) is 24.2 Å². The lowest BCUT2D eigenvalue weighted by Gasteiger charge is -2.41. The summed E-state index contributed by atoms with van der Waals surface area (Å²) in [5, 5.41) is 9.25. The number of hydrogen-bond donors (Lipinski definition) is 0. The summed E-state index contributed by atoms with van der Waals surface area (Å²) in [6.45, 7) is 13.6. The Labute approximate surface area is 202 Å². The fourth-order valence-corrected chi connectivity index (χ4v) is 4.99. The van der Waals surface area contributed by atoms with Crippen LogP contribution in [0.2, 0.25) is 0 Å². The van der Waals surface area contributed by atoms with Crippen LogP contribution in [0, 0.1) is 30.2 Å². The van der Waals surface area contributed by atoms with Crippen molar-refractivity contribution in [2.24, 2.45) is 5.41 Å². The van der Waals surface area contributed by atoms with E-state index in [-0.39, 0.29) is 5.41 Å². The molecule has 2 aromatic carbocycles. The van der Waals surface area contributed by atoms with E-state index in [1.165, 1.54) is 16.8 Å². The van der Waals surface area contributed by atoms with E-state index in [9.17, 15) is 5.26 Å². The van der Waals surface area contributed by atoms with E-state index in [4.69, 9.17) is 11.3 Å². The molecule has 34 heavy (non-hydrogen) atoms. The van der Waals surface area contributed by atoms with Crippen LogP contribution in [0.1, 0.15) is 41.1 Å².